The van der Waals surface area contributed by atoms with Crippen LogP contribution in [0.3, 0.4) is 0 Å². The molecule has 3 aromatic rings. The van der Waals surface area contributed by atoms with Gasteiger partial charge >= 0.3 is 0 Å². The lowest BCUT2D eigenvalue weighted by atomic mass is 10.0. The number of nitrogens with zero attached hydrogens (tertiary/aromatic N) is 3. The first kappa shape index (κ1) is 13.4. The molecule has 4 heteroatoms. The van der Waals surface area contributed by atoms with Crippen molar-refractivity contribution in [3.05, 3.63) is 66.7 Å². The molecule has 0 aliphatic rings. The Bertz CT molecular complexity index is 718. The Morgan fingerprint density at radius 3 is 2.76 bits per heavy atom. The van der Waals surface area contributed by atoms with E-state index in [1.165, 1.54) is 5.56 Å². The van der Waals surface area contributed by atoms with Crippen LogP contribution < -0.4 is 5.73 Å². The molecule has 0 aliphatic heterocycles. The molecule has 1 unspecified atom stereocenters. The predicted octanol–water partition coefficient (Wildman–Crippen LogP) is 3.33. The van der Waals surface area contributed by atoms with Crippen LogP contribution in [0, 0.1) is 0 Å². The third-order valence-electron chi connectivity index (χ3n) is 3.63. The maximum atomic E-state index is 5.77. The quantitative estimate of drug-likeness (QED) is 0.796. The number of imidazole rings is 1. The molecule has 0 saturated carbocycles. The van der Waals surface area contributed by atoms with Gasteiger partial charge in [-0.05, 0) is 23.6 Å². The molecule has 1 aromatic carbocycles. The summed E-state index contributed by atoms with van der Waals surface area (Å²) in [6, 6.07) is 14.3. The minimum Gasteiger partial charge on any atom is -0.384 e. The lowest BCUT2D eigenvalue weighted by molar-refractivity contribution is 0.601. The second-order valence-corrected chi connectivity index (χ2v) is 5.21. The van der Waals surface area contributed by atoms with Crippen molar-refractivity contribution in [3.63, 3.8) is 0 Å². The zero-order valence-corrected chi connectivity index (χ0v) is 12.0. The van der Waals surface area contributed by atoms with Gasteiger partial charge in [0.2, 0.25) is 0 Å². The second-order valence-electron chi connectivity index (χ2n) is 5.21. The first-order valence-corrected chi connectivity index (χ1v) is 7.01. The molecule has 1 atom stereocenters. The Morgan fingerprint density at radius 1 is 1.19 bits per heavy atom. The zero-order valence-electron chi connectivity index (χ0n) is 12.0. The number of hydrogen-bond donors (Lipinski definition) is 1. The van der Waals surface area contributed by atoms with Crippen LogP contribution in [0.2, 0.25) is 0 Å². The standard InChI is InChI=1S/C17H18N4/c1-13(14-5-3-2-4-6-14)11-21-12-19-10-16(21)15-7-8-20-17(18)9-15/h2-10,12-13H,11H2,1H3,(H2,18,20). The lowest BCUT2D eigenvalue weighted by Gasteiger charge is -2.15. The molecule has 21 heavy (non-hydrogen) atoms. The Labute approximate surface area is 124 Å². The summed E-state index contributed by atoms with van der Waals surface area (Å²) in [6.45, 7) is 3.10. The number of benzene rings is 1. The molecule has 3 rings (SSSR count). The molecule has 0 fully saturated rings. The summed E-state index contributed by atoms with van der Waals surface area (Å²) in [5.74, 6) is 0.940. The number of nitrogen functional groups attached to an aromatic ring is 1. The van der Waals surface area contributed by atoms with Crippen LogP contribution in [0.15, 0.2) is 61.2 Å². The normalized spacial score (nSPS) is 12.2. The highest BCUT2D eigenvalue weighted by molar-refractivity contribution is 5.61. The second kappa shape index (κ2) is 5.79. The van der Waals surface area contributed by atoms with E-state index in [0.717, 1.165) is 17.8 Å². The van der Waals surface area contributed by atoms with Crippen LogP contribution in [-0.2, 0) is 6.54 Å². The van der Waals surface area contributed by atoms with E-state index in [1.807, 2.05) is 30.7 Å². The van der Waals surface area contributed by atoms with Gasteiger partial charge in [-0.15, -0.1) is 0 Å². The van der Waals surface area contributed by atoms with Crippen LogP contribution >= 0.6 is 0 Å². The monoisotopic (exact) mass is 278 g/mol. The van der Waals surface area contributed by atoms with Gasteiger partial charge in [0.05, 0.1) is 18.2 Å². The largest absolute Gasteiger partial charge is 0.384 e. The minimum absolute atomic E-state index is 0.415. The van der Waals surface area contributed by atoms with Crippen molar-refractivity contribution in [2.24, 2.45) is 0 Å². The molecule has 106 valence electrons. The van der Waals surface area contributed by atoms with Gasteiger partial charge < -0.3 is 10.3 Å². The van der Waals surface area contributed by atoms with Crippen LogP contribution in [0.5, 0.6) is 0 Å². The van der Waals surface area contributed by atoms with Crippen LogP contribution in [-0.4, -0.2) is 14.5 Å². The number of hydrogen-bond acceptors (Lipinski definition) is 3. The number of pyridine rings is 1. The van der Waals surface area contributed by atoms with Crippen LogP contribution in [0.4, 0.5) is 5.82 Å². The molecule has 2 heterocycles. The SMILES string of the molecule is CC(Cn1cncc1-c1ccnc(N)c1)c1ccccc1. The Balaban J connectivity index is 1.86. The smallest absolute Gasteiger partial charge is 0.123 e. The fourth-order valence-electron chi connectivity index (χ4n) is 2.50. The molecule has 0 saturated heterocycles. The summed E-state index contributed by atoms with van der Waals surface area (Å²) in [5, 5.41) is 0. The highest BCUT2D eigenvalue weighted by atomic mass is 15.0. The summed E-state index contributed by atoms with van der Waals surface area (Å²) in [7, 11) is 0. The van der Waals surface area contributed by atoms with Gasteiger partial charge in [-0.3, -0.25) is 0 Å². The Morgan fingerprint density at radius 2 is 2.00 bits per heavy atom. The van der Waals surface area contributed by atoms with E-state index in [-0.39, 0.29) is 0 Å². The number of nitrogens with two attached hydrogens (primary N) is 1. The number of anilines is 1. The maximum absolute atomic E-state index is 5.77. The van der Waals surface area contributed by atoms with Crippen molar-refractivity contribution in [2.45, 2.75) is 19.4 Å². The number of aromatic nitrogens is 3. The van der Waals surface area contributed by atoms with Crippen molar-refractivity contribution in [1.82, 2.24) is 14.5 Å². The van der Waals surface area contributed by atoms with E-state index < -0.39 is 0 Å². The van der Waals surface area contributed by atoms with Crippen molar-refractivity contribution < 1.29 is 0 Å². The van der Waals surface area contributed by atoms with Gasteiger partial charge in [0.25, 0.3) is 0 Å². The topological polar surface area (TPSA) is 56.7 Å². The Kier molecular flexibility index (Phi) is 3.69. The summed E-state index contributed by atoms with van der Waals surface area (Å²) in [5.41, 5.74) is 9.20. The van der Waals surface area contributed by atoms with E-state index in [9.17, 15) is 0 Å². The summed E-state index contributed by atoms with van der Waals surface area (Å²) in [4.78, 5) is 8.31. The van der Waals surface area contributed by atoms with Crippen molar-refractivity contribution in [3.8, 4) is 11.3 Å². The molecule has 0 amide bonds. The molecule has 0 aliphatic carbocycles. The molecular formula is C17H18N4. The summed E-state index contributed by atoms with van der Waals surface area (Å²) >= 11 is 0. The lowest BCUT2D eigenvalue weighted by Crippen LogP contribution is -2.06. The van der Waals surface area contributed by atoms with Gasteiger partial charge in [-0.1, -0.05) is 37.3 Å². The van der Waals surface area contributed by atoms with E-state index in [4.69, 9.17) is 5.73 Å². The van der Waals surface area contributed by atoms with Crippen molar-refractivity contribution in [1.29, 1.82) is 0 Å². The average Bonchev–Trinajstić information content (AvgIpc) is 2.96. The fourth-order valence-corrected chi connectivity index (χ4v) is 2.50. The van der Waals surface area contributed by atoms with E-state index >= 15 is 0 Å². The van der Waals surface area contributed by atoms with Crippen LogP contribution in [0.25, 0.3) is 11.3 Å². The third-order valence-corrected chi connectivity index (χ3v) is 3.63. The Hall–Kier alpha value is -2.62. The third kappa shape index (κ3) is 2.94. The predicted molar refractivity (Wildman–Crippen MR) is 84.7 cm³/mol. The van der Waals surface area contributed by atoms with E-state index in [0.29, 0.717) is 11.7 Å². The zero-order chi connectivity index (χ0) is 14.7. The molecule has 2 aromatic heterocycles. The highest BCUT2D eigenvalue weighted by Gasteiger charge is 2.10. The molecular weight excluding hydrogens is 260 g/mol. The van der Waals surface area contributed by atoms with Gasteiger partial charge in [0.15, 0.2) is 0 Å². The van der Waals surface area contributed by atoms with Gasteiger partial charge in [0.1, 0.15) is 5.82 Å². The van der Waals surface area contributed by atoms with Crippen LogP contribution in [0.1, 0.15) is 18.4 Å². The van der Waals surface area contributed by atoms with E-state index in [1.54, 1.807) is 6.20 Å². The molecule has 0 bridgehead atoms. The summed E-state index contributed by atoms with van der Waals surface area (Å²) in [6.07, 6.45) is 5.46. The number of rotatable bonds is 4. The van der Waals surface area contributed by atoms with E-state index in [2.05, 4.69) is 45.7 Å². The molecule has 4 nitrogen and oxygen atoms in total. The van der Waals surface area contributed by atoms with Gasteiger partial charge in [-0.25, -0.2) is 9.97 Å². The van der Waals surface area contributed by atoms with Crippen molar-refractivity contribution >= 4 is 5.82 Å². The first-order chi connectivity index (χ1) is 10.2. The minimum atomic E-state index is 0.415. The highest BCUT2D eigenvalue weighted by Crippen LogP contribution is 2.23. The van der Waals surface area contributed by atoms with Gasteiger partial charge in [-0.2, -0.15) is 0 Å². The fraction of sp³-hybridized carbons (Fsp3) is 0.176. The summed E-state index contributed by atoms with van der Waals surface area (Å²) < 4.78 is 2.16. The molecule has 0 radical (unpaired) electrons. The molecule has 0 spiro atoms. The average molecular weight is 278 g/mol. The molecule has 2 N–H and O–H groups in total. The maximum Gasteiger partial charge on any atom is 0.123 e. The van der Waals surface area contributed by atoms with Crippen molar-refractivity contribution in [2.75, 3.05) is 5.73 Å². The van der Waals surface area contributed by atoms with Gasteiger partial charge in [0, 0.05) is 18.3 Å². The first-order valence-electron chi connectivity index (χ1n) is 7.01.